The largest absolute Gasteiger partial charge is 0.472 e. The minimum absolute atomic E-state index is 0.0494. The number of phosphoric acid groups is 1. The van der Waals surface area contributed by atoms with Crippen molar-refractivity contribution in [1.29, 1.82) is 0 Å². The Labute approximate surface area is 275 Å². The van der Waals surface area contributed by atoms with Crippen molar-refractivity contribution in [3.05, 3.63) is 12.2 Å². The average Bonchev–Trinajstić information content (AvgIpc) is 3.03. The number of esters is 1. The van der Waals surface area contributed by atoms with E-state index in [1.165, 1.54) is 96.3 Å². The zero-order valence-electron chi connectivity index (χ0n) is 28.8. The second-order valence-corrected chi connectivity index (χ2v) is 13.7. The third-order valence-corrected chi connectivity index (χ3v) is 8.65. The molecule has 0 fully saturated rings. The Balaban J connectivity index is 4.25. The number of phosphoric ester groups is 1. The predicted molar refractivity (Wildman–Crippen MR) is 182 cm³/mol. The highest BCUT2D eigenvalue weighted by atomic mass is 31.2. The highest BCUT2D eigenvalue weighted by Gasteiger charge is 2.26. The Bertz CT molecular complexity index is 719. The number of aliphatic hydroxyl groups is 2. The van der Waals surface area contributed by atoms with Gasteiger partial charge in [0.1, 0.15) is 12.2 Å². The number of rotatable bonds is 35. The van der Waals surface area contributed by atoms with E-state index in [1.54, 1.807) is 0 Å². The summed E-state index contributed by atoms with van der Waals surface area (Å²) in [4.78, 5) is 22.4. The molecule has 0 saturated heterocycles. The summed E-state index contributed by atoms with van der Waals surface area (Å²) in [7, 11) is -4.50. The number of unbranched alkanes of at least 4 members (excludes halogenated alkanes) is 19. The van der Waals surface area contributed by atoms with Gasteiger partial charge in [-0.2, -0.15) is 0 Å². The van der Waals surface area contributed by atoms with E-state index in [0.29, 0.717) is 6.61 Å². The van der Waals surface area contributed by atoms with Crippen LogP contribution in [0.1, 0.15) is 162 Å². The topological polar surface area (TPSA) is 132 Å². The summed E-state index contributed by atoms with van der Waals surface area (Å²) in [5, 5.41) is 18.2. The van der Waals surface area contributed by atoms with Crippen molar-refractivity contribution in [2.45, 2.75) is 174 Å². The van der Waals surface area contributed by atoms with Gasteiger partial charge < -0.3 is 24.6 Å². The fourth-order valence-corrected chi connectivity index (χ4v) is 5.65. The average molecular weight is 665 g/mol. The van der Waals surface area contributed by atoms with E-state index >= 15 is 0 Å². The third-order valence-electron chi connectivity index (χ3n) is 7.70. The summed E-state index contributed by atoms with van der Waals surface area (Å²) in [6.45, 7) is 3.47. The van der Waals surface area contributed by atoms with Gasteiger partial charge in [-0.05, 0) is 32.1 Å². The molecule has 10 heteroatoms. The van der Waals surface area contributed by atoms with Crippen LogP contribution < -0.4 is 0 Å². The molecule has 0 aromatic rings. The molecule has 0 bridgehead atoms. The molecule has 3 N–H and O–H groups in total. The summed E-state index contributed by atoms with van der Waals surface area (Å²) in [5.41, 5.74) is 0. The van der Waals surface area contributed by atoms with Crippen molar-refractivity contribution in [3.8, 4) is 0 Å². The van der Waals surface area contributed by atoms with Crippen LogP contribution in [-0.2, 0) is 27.9 Å². The van der Waals surface area contributed by atoms with Gasteiger partial charge in [0.05, 0.1) is 26.4 Å². The Morgan fingerprint density at radius 3 is 1.73 bits per heavy atom. The van der Waals surface area contributed by atoms with Crippen molar-refractivity contribution in [3.63, 3.8) is 0 Å². The first-order chi connectivity index (χ1) is 21.8. The number of carbonyl (C=O) groups is 1. The molecule has 0 rings (SSSR count). The SMILES string of the molecule is CCCC/C=C\CCCCCCCCOCC(COP(=O)(O)OCC(O)CO)OC(=O)CCCCCCCCCCCCCC. The number of hydrogen-bond acceptors (Lipinski definition) is 8. The van der Waals surface area contributed by atoms with Crippen LogP contribution in [0.4, 0.5) is 0 Å². The molecule has 0 amide bonds. The molecule has 0 aliphatic heterocycles. The summed E-state index contributed by atoms with van der Waals surface area (Å²) in [5.74, 6) is -0.385. The van der Waals surface area contributed by atoms with Crippen molar-refractivity contribution < 1.29 is 43.0 Å². The first-order valence-corrected chi connectivity index (χ1v) is 19.7. The summed E-state index contributed by atoms with van der Waals surface area (Å²) >= 11 is 0. The van der Waals surface area contributed by atoms with Crippen molar-refractivity contribution in [1.82, 2.24) is 0 Å². The summed E-state index contributed by atoms with van der Waals surface area (Å²) in [6.07, 6.45) is 28.8. The van der Waals surface area contributed by atoms with Crippen molar-refractivity contribution >= 4 is 13.8 Å². The smallest absolute Gasteiger partial charge is 0.457 e. The first-order valence-electron chi connectivity index (χ1n) is 18.2. The van der Waals surface area contributed by atoms with Gasteiger partial charge in [0.2, 0.25) is 0 Å². The van der Waals surface area contributed by atoms with Gasteiger partial charge in [-0.25, -0.2) is 4.57 Å². The molecule has 268 valence electrons. The van der Waals surface area contributed by atoms with Crippen molar-refractivity contribution in [2.24, 2.45) is 0 Å². The second-order valence-electron chi connectivity index (χ2n) is 12.2. The molecule has 0 aliphatic rings. The van der Waals surface area contributed by atoms with E-state index < -0.39 is 33.2 Å². The van der Waals surface area contributed by atoms with Crippen molar-refractivity contribution in [2.75, 3.05) is 33.0 Å². The van der Waals surface area contributed by atoms with Crippen LogP contribution in [0.5, 0.6) is 0 Å². The van der Waals surface area contributed by atoms with E-state index in [4.69, 9.17) is 23.6 Å². The lowest BCUT2D eigenvalue weighted by molar-refractivity contribution is -0.154. The molecule has 9 nitrogen and oxygen atoms in total. The lowest BCUT2D eigenvalue weighted by atomic mass is 10.0. The molecule has 0 radical (unpaired) electrons. The van der Waals surface area contributed by atoms with Crippen LogP contribution in [0.3, 0.4) is 0 Å². The van der Waals surface area contributed by atoms with E-state index in [-0.39, 0.29) is 25.6 Å². The highest BCUT2D eigenvalue weighted by Crippen LogP contribution is 2.43. The third kappa shape index (κ3) is 32.9. The highest BCUT2D eigenvalue weighted by molar-refractivity contribution is 7.47. The normalized spacial score (nSPS) is 14.5. The molecule has 0 aromatic heterocycles. The van der Waals surface area contributed by atoms with Gasteiger partial charge >= 0.3 is 13.8 Å². The molecule has 3 unspecified atom stereocenters. The number of ether oxygens (including phenoxy) is 2. The second kappa shape index (κ2) is 33.1. The monoisotopic (exact) mass is 664 g/mol. The number of aliphatic hydroxyl groups excluding tert-OH is 2. The minimum Gasteiger partial charge on any atom is -0.457 e. The quantitative estimate of drug-likeness (QED) is 0.0263. The van der Waals surface area contributed by atoms with E-state index in [0.717, 1.165) is 44.9 Å². The Morgan fingerprint density at radius 1 is 0.667 bits per heavy atom. The lowest BCUT2D eigenvalue weighted by Crippen LogP contribution is -2.29. The van der Waals surface area contributed by atoms with Gasteiger partial charge in [-0.15, -0.1) is 0 Å². The number of carbonyl (C=O) groups excluding carboxylic acids is 1. The molecule has 0 saturated carbocycles. The zero-order chi connectivity index (χ0) is 33.3. The fraction of sp³-hybridized carbons (Fsp3) is 0.914. The predicted octanol–water partition coefficient (Wildman–Crippen LogP) is 8.97. The molecular formula is C35H69O9P. The van der Waals surface area contributed by atoms with Crippen LogP contribution in [-0.4, -0.2) is 66.3 Å². The van der Waals surface area contributed by atoms with Crippen LogP contribution in [0.15, 0.2) is 12.2 Å². The maximum Gasteiger partial charge on any atom is 0.472 e. The van der Waals surface area contributed by atoms with Gasteiger partial charge in [-0.1, -0.05) is 135 Å². The van der Waals surface area contributed by atoms with E-state index in [2.05, 4.69) is 26.0 Å². The van der Waals surface area contributed by atoms with Gasteiger partial charge in [0.25, 0.3) is 0 Å². The summed E-state index contributed by atoms with van der Waals surface area (Å²) in [6, 6.07) is 0. The van der Waals surface area contributed by atoms with Gasteiger partial charge in [0.15, 0.2) is 0 Å². The first kappa shape index (κ1) is 44.2. The number of allylic oxidation sites excluding steroid dienone is 2. The van der Waals surface area contributed by atoms with Crippen LogP contribution in [0.2, 0.25) is 0 Å². The lowest BCUT2D eigenvalue weighted by Gasteiger charge is -2.20. The fourth-order valence-electron chi connectivity index (χ4n) is 4.86. The molecule has 0 spiro atoms. The van der Waals surface area contributed by atoms with Crippen LogP contribution in [0, 0.1) is 0 Å². The van der Waals surface area contributed by atoms with Crippen LogP contribution in [0.25, 0.3) is 0 Å². The number of hydrogen-bond donors (Lipinski definition) is 3. The zero-order valence-corrected chi connectivity index (χ0v) is 29.7. The maximum absolute atomic E-state index is 12.5. The van der Waals surface area contributed by atoms with Gasteiger partial charge in [-0.3, -0.25) is 13.8 Å². The molecule has 45 heavy (non-hydrogen) atoms. The molecule has 0 aromatic carbocycles. The summed E-state index contributed by atoms with van der Waals surface area (Å²) < 4.78 is 33.1. The van der Waals surface area contributed by atoms with E-state index in [9.17, 15) is 19.4 Å². The molecule has 3 atom stereocenters. The Kier molecular flexibility index (Phi) is 32.5. The van der Waals surface area contributed by atoms with Crippen LogP contribution >= 0.6 is 7.82 Å². The minimum atomic E-state index is -4.50. The molecule has 0 heterocycles. The van der Waals surface area contributed by atoms with E-state index in [1.807, 2.05) is 0 Å². The molecular weight excluding hydrogens is 595 g/mol. The van der Waals surface area contributed by atoms with Gasteiger partial charge in [0, 0.05) is 13.0 Å². The Hall–Kier alpha value is -0.800. The Morgan fingerprint density at radius 2 is 1.16 bits per heavy atom. The standard InChI is InChI=1S/C35H69O9P/c1-3-5-7-9-11-13-15-17-19-21-23-25-27-35(38)44-34(32-43-45(39,40)42-30-33(37)29-36)31-41-28-26-24-22-20-18-16-14-12-10-8-6-4-2/h10,12,33-34,36-37H,3-9,11,13-32H2,1-2H3,(H,39,40)/b12-10-. The molecule has 0 aliphatic carbocycles. The maximum atomic E-state index is 12.5.